The van der Waals surface area contributed by atoms with E-state index in [1.807, 2.05) is 13.8 Å². The van der Waals surface area contributed by atoms with Crippen LogP contribution in [0.25, 0.3) is 0 Å². The summed E-state index contributed by atoms with van der Waals surface area (Å²) in [6.45, 7) is 8.13. The van der Waals surface area contributed by atoms with Gasteiger partial charge in [-0.1, -0.05) is 19.9 Å². The van der Waals surface area contributed by atoms with Gasteiger partial charge in [-0.15, -0.1) is 4.89 Å². The number of aliphatic hydroxyl groups is 2. The van der Waals surface area contributed by atoms with Crippen LogP contribution >= 0.6 is 0 Å². The predicted molar refractivity (Wildman–Crippen MR) is 91.3 cm³/mol. The van der Waals surface area contributed by atoms with Gasteiger partial charge >= 0.3 is 11.9 Å². The number of ether oxygens (including phenoxy) is 3. The highest BCUT2D eigenvalue weighted by Gasteiger charge is 2.87. The van der Waals surface area contributed by atoms with Gasteiger partial charge in [0.2, 0.25) is 0 Å². The average Bonchev–Trinajstić information content (AvgIpc) is 3.37. The summed E-state index contributed by atoms with van der Waals surface area (Å²) in [5.74, 6) is -3.07. The van der Waals surface area contributed by atoms with E-state index >= 15 is 0 Å². The fourth-order valence-corrected chi connectivity index (χ4v) is 5.56. The number of fused-ring (bicyclic) bond motifs is 2. The van der Waals surface area contributed by atoms with Gasteiger partial charge in [0.25, 0.3) is 5.79 Å². The van der Waals surface area contributed by atoms with Crippen LogP contribution in [-0.2, 0) is 33.6 Å². The normalized spacial score (nSPS) is 51.3. The number of epoxide rings is 1. The van der Waals surface area contributed by atoms with E-state index in [1.165, 1.54) is 13.8 Å². The molecule has 0 aromatic carbocycles. The van der Waals surface area contributed by atoms with Crippen LogP contribution in [0.1, 0.15) is 41.0 Å². The Hall–Kier alpha value is -1.52. The van der Waals surface area contributed by atoms with E-state index in [-0.39, 0.29) is 6.42 Å². The highest BCUT2D eigenvalue weighted by Crippen LogP contribution is 2.74. The number of hydrogen-bond donors (Lipinski definition) is 2. The van der Waals surface area contributed by atoms with Crippen LogP contribution in [0, 0.1) is 10.8 Å². The number of aliphatic hydroxyl groups excluding tert-OH is 2. The maximum Gasteiger partial charge on any atom is 0.339 e. The van der Waals surface area contributed by atoms with Gasteiger partial charge < -0.3 is 24.4 Å². The molecule has 156 valence electrons. The van der Waals surface area contributed by atoms with Crippen molar-refractivity contribution in [3.8, 4) is 0 Å². The van der Waals surface area contributed by atoms with E-state index in [4.69, 9.17) is 24.0 Å². The van der Waals surface area contributed by atoms with Crippen LogP contribution in [0.15, 0.2) is 11.6 Å². The molecule has 4 rings (SSSR count). The maximum atomic E-state index is 11.9. The number of carbonyl (C=O) groups excluding carboxylic acids is 2. The molecule has 2 N–H and O–H groups in total. The quantitative estimate of drug-likeness (QED) is 0.173. The summed E-state index contributed by atoms with van der Waals surface area (Å²) in [6, 6.07) is 0. The molecule has 2 aliphatic carbocycles. The van der Waals surface area contributed by atoms with E-state index < -0.39 is 58.6 Å². The molecule has 2 saturated heterocycles. The Balaban J connectivity index is 1.85. The van der Waals surface area contributed by atoms with E-state index in [0.717, 1.165) is 0 Å². The van der Waals surface area contributed by atoms with Crippen molar-refractivity contribution in [2.75, 3.05) is 6.61 Å². The molecule has 28 heavy (non-hydrogen) atoms. The molecule has 1 saturated carbocycles. The van der Waals surface area contributed by atoms with Crippen molar-refractivity contribution in [2.45, 2.75) is 76.8 Å². The minimum Gasteiger partial charge on any atom is -0.426 e. The average molecular weight is 398 g/mol. The highest BCUT2D eigenvalue weighted by atomic mass is 17.2. The molecule has 2 aliphatic heterocycles. The zero-order chi connectivity index (χ0) is 20.7. The summed E-state index contributed by atoms with van der Waals surface area (Å²) in [7, 11) is 0. The van der Waals surface area contributed by atoms with Crippen LogP contribution in [0.3, 0.4) is 0 Å². The zero-order valence-corrected chi connectivity index (χ0v) is 16.6. The monoisotopic (exact) mass is 398 g/mol. The molecule has 8 atom stereocenters. The van der Waals surface area contributed by atoms with Crippen molar-refractivity contribution in [3.05, 3.63) is 11.6 Å². The first-order valence-corrected chi connectivity index (χ1v) is 9.33. The molecule has 2 heterocycles. The Morgan fingerprint density at radius 2 is 1.86 bits per heavy atom. The molecule has 2 bridgehead atoms. The van der Waals surface area contributed by atoms with Crippen molar-refractivity contribution in [2.24, 2.45) is 10.8 Å². The lowest BCUT2D eigenvalue weighted by atomic mass is 9.51. The lowest BCUT2D eigenvalue weighted by Gasteiger charge is -2.58. The minimum atomic E-state index is -1.73. The first-order chi connectivity index (χ1) is 12.9. The lowest BCUT2D eigenvalue weighted by Crippen LogP contribution is -2.68. The van der Waals surface area contributed by atoms with Crippen molar-refractivity contribution < 1.29 is 43.8 Å². The third-order valence-electron chi connectivity index (χ3n) is 7.29. The third kappa shape index (κ3) is 2.19. The van der Waals surface area contributed by atoms with Crippen LogP contribution in [0.2, 0.25) is 0 Å². The van der Waals surface area contributed by atoms with Gasteiger partial charge in [0.1, 0.15) is 11.7 Å². The summed E-state index contributed by atoms with van der Waals surface area (Å²) >= 11 is 0. The molecule has 3 fully saturated rings. The number of hydrogen-bond acceptors (Lipinski definition) is 9. The first kappa shape index (κ1) is 19.8. The SMILES string of the molecule is CC(=O)OO[C@]1(OC(C)=O)C[C@@]2(C)[C@]3(CO3)[C@@H]1O[C@@H]1C=C(C)C(O)C(O)[C@@]12C. The fourth-order valence-electron chi connectivity index (χ4n) is 5.56. The summed E-state index contributed by atoms with van der Waals surface area (Å²) in [4.78, 5) is 33.5. The van der Waals surface area contributed by atoms with Gasteiger partial charge in [-0.3, -0.25) is 9.68 Å². The number of rotatable bonds is 3. The van der Waals surface area contributed by atoms with Crippen LogP contribution < -0.4 is 0 Å². The Morgan fingerprint density at radius 1 is 1.21 bits per heavy atom. The second-order valence-corrected chi connectivity index (χ2v) is 8.77. The zero-order valence-electron chi connectivity index (χ0n) is 16.6. The summed E-state index contributed by atoms with van der Waals surface area (Å²) in [6.07, 6.45) is -1.84. The van der Waals surface area contributed by atoms with E-state index in [2.05, 4.69) is 0 Å². The molecular formula is C19H26O9. The van der Waals surface area contributed by atoms with Crippen molar-refractivity contribution in [3.63, 3.8) is 0 Å². The topological polar surface area (TPSA) is 124 Å². The molecular weight excluding hydrogens is 372 g/mol. The van der Waals surface area contributed by atoms with Crippen molar-refractivity contribution in [1.82, 2.24) is 0 Å². The highest BCUT2D eigenvalue weighted by molar-refractivity contribution is 5.67. The van der Waals surface area contributed by atoms with Crippen LogP contribution in [0.5, 0.6) is 0 Å². The third-order valence-corrected chi connectivity index (χ3v) is 7.29. The van der Waals surface area contributed by atoms with Gasteiger partial charge in [-0.2, -0.15) is 0 Å². The summed E-state index contributed by atoms with van der Waals surface area (Å²) in [5, 5.41) is 21.6. The van der Waals surface area contributed by atoms with Crippen LogP contribution in [-0.4, -0.2) is 64.6 Å². The van der Waals surface area contributed by atoms with Gasteiger partial charge in [-0.25, -0.2) is 4.79 Å². The molecule has 0 aromatic rings. The fraction of sp³-hybridized carbons (Fsp3) is 0.789. The predicted octanol–water partition coefficient (Wildman–Crippen LogP) is 0.375. The molecule has 0 radical (unpaired) electrons. The second kappa shape index (κ2) is 5.76. The molecule has 9 nitrogen and oxygen atoms in total. The minimum absolute atomic E-state index is 0.0567. The van der Waals surface area contributed by atoms with Crippen molar-refractivity contribution in [1.29, 1.82) is 0 Å². The molecule has 1 spiro atoms. The van der Waals surface area contributed by atoms with Gasteiger partial charge in [0, 0.05) is 31.1 Å². The molecule has 4 aliphatic rings. The molecule has 0 amide bonds. The standard InChI is InChI=1S/C19H26O9/c1-9-6-12-17(5,14(23)13(9)22)16(4)7-19(26-10(2)20,28-27-11(3)21)15(25-12)18(16)8-24-18/h6,12-15,22-23H,7-8H2,1-5H3/t12-,13?,14?,15+,16-,17-,18+,19-/m1/s1. The smallest absolute Gasteiger partial charge is 0.339 e. The Kier molecular flexibility index (Phi) is 4.07. The maximum absolute atomic E-state index is 11.9. The largest absolute Gasteiger partial charge is 0.426 e. The van der Waals surface area contributed by atoms with E-state index in [1.54, 1.807) is 13.0 Å². The molecule has 9 heteroatoms. The van der Waals surface area contributed by atoms with E-state index in [0.29, 0.717) is 12.2 Å². The Morgan fingerprint density at radius 3 is 2.39 bits per heavy atom. The second-order valence-electron chi connectivity index (χ2n) is 8.77. The van der Waals surface area contributed by atoms with Gasteiger partial charge in [0.05, 0.1) is 18.8 Å². The van der Waals surface area contributed by atoms with Gasteiger partial charge in [0.15, 0.2) is 6.10 Å². The number of carbonyl (C=O) groups is 2. The lowest BCUT2D eigenvalue weighted by molar-refractivity contribution is -0.413. The Labute approximate surface area is 162 Å². The summed E-state index contributed by atoms with van der Waals surface area (Å²) < 4.78 is 17.7. The van der Waals surface area contributed by atoms with E-state index in [9.17, 15) is 19.8 Å². The first-order valence-electron chi connectivity index (χ1n) is 9.33. The Bertz CT molecular complexity index is 759. The van der Waals surface area contributed by atoms with Gasteiger partial charge in [-0.05, 0) is 12.5 Å². The van der Waals surface area contributed by atoms with Crippen LogP contribution in [0.4, 0.5) is 0 Å². The summed E-state index contributed by atoms with van der Waals surface area (Å²) in [5.41, 5.74) is -2.11. The molecule has 0 aromatic heterocycles. The molecule has 2 unspecified atom stereocenters. The van der Waals surface area contributed by atoms with Crippen molar-refractivity contribution >= 4 is 11.9 Å². The number of esters is 1.